The number of hydrogen-bond donors (Lipinski definition) is 1. The van der Waals surface area contributed by atoms with Gasteiger partial charge in [0.05, 0.1) is 12.1 Å². The molecule has 2 aromatic carbocycles. The lowest BCUT2D eigenvalue weighted by Crippen LogP contribution is -2.15. The van der Waals surface area contributed by atoms with Crippen molar-refractivity contribution in [2.24, 2.45) is 0 Å². The van der Waals surface area contributed by atoms with Crippen molar-refractivity contribution in [3.8, 4) is 17.4 Å². The summed E-state index contributed by atoms with van der Waals surface area (Å²) in [5.41, 5.74) is 2.80. The molecular formula is C23H20FN5O2. The van der Waals surface area contributed by atoms with Crippen LogP contribution in [0.15, 0.2) is 66.7 Å². The fourth-order valence-electron chi connectivity index (χ4n) is 3.09. The minimum Gasteiger partial charge on any atom is -0.438 e. The number of carbonyl (C=O) groups excluding carboxylic acids is 1. The maximum Gasteiger partial charge on any atom is 0.238 e. The number of amides is 1. The second kappa shape index (κ2) is 8.74. The third-order valence-electron chi connectivity index (χ3n) is 4.52. The first-order valence-electron chi connectivity index (χ1n) is 9.66. The number of benzene rings is 2. The van der Waals surface area contributed by atoms with Crippen molar-refractivity contribution in [1.29, 1.82) is 0 Å². The van der Waals surface area contributed by atoms with Gasteiger partial charge < -0.3 is 10.1 Å². The van der Waals surface area contributed by atoms with E-state index >= 15 is 0 Å². The molecule has 2 aromatic heterocycles. The molecule has 0 unspecified atom stereocenters. The third kappa shape index (κ3) is 4.92. The molecule has 0 radical (unpaired) electrons. The van der Waals surface area contributed by atoms with Crippen LogP contribution in [0.2, 0.25) is 0 Å². The first-order valence-corrected chi connectivity index (χ1v) is 9.66. The summed E-state index contributed by atoms with van der Waals surface area (Å²) in [6, 6.07) is 18.5. The highest BCUT2D eigenvalue weighted by Crippen LogP contribution is 2.22. The van der Waals surface area contributed by atoms with Crippen LogP contribution in [-0.2, 0) is 11.2 Å². The number of nitrogens with one attached hydrogen (secondary N) is 1. The zero-order chi connectivity index (χ0) is 21.8. The predicted molar refractivity (Wildman–Crippen MR) is 114 cm³/mol. The number of aryl methyl sites for hydroxylation is 2. The molecule has 31 heavy (non-hydrogen) atoms. The molecule has 0 aliphatic rings. The molecule has 1 N–H and O–H groups in total. The second-order valence-corrected chi connectivity index (χ2v) is 7.01. The van der Waals surface area contributed by atoms with Crippen molar-refractivity contribution in [2.45, 2.75) is 20.3 Å². The Hall–Kier alpha value is -4.07. The Morgan fingerprint density at radius 3 is 2.45 bits per heavy atom. The Bertz CT molecular complexity index is 1200. The van der Waals surface area contributed by atoms with E-state index in [2.05, 4.69) is 20.6 Å². The van der Waals surface area contributed by atoms with Crippen LogP contribution in [0, 0.1) is 19.7 Å². The lowest BCUT2D eigenvalue weighted by atomic mass is 10.1. The highest BCUT2D eigenvalue weighted by molar-refractivity contribution is 5.92. The first-order chi connectivity index (χ1) is 15.0. The van der Waals surface area contributed by atoms with Gasteiger partial charge in [-0.05, 0) is 61.9 Å². The molecule has 0 saturated carbocycles. The molecule has 0 atom stereocenters. The molecule has 4 aromatic rings. The van der Waals surface area contributed by atoms with Gasteiger partial charge in [0.2, 0.25) is 11.8 Å². The number of halogens is 1. The number of anilines is 1. The Balaban J connectivity index is 1.36. The van der Waals surface area contributed by atoms with E-state index in [4.69, 9.17) is 4.74 Å². The molecule has 156 valence electrons. The van der Waals surface area contributed by atoms with Crippen LogP contribution in [0.25, 0.3) is 5.82 Å². The molecule has 0 bridgehead atoms. The lowest BCUT2D eigenvalue weighted by Gasteiger charge is -2.08. The van der Waals surface area contributed by atoms with Gasteiger partial charge in [-0.15, -0.1) is 10.2 Å². The number of rotatable bonds is 6. The van der Waals surface area contributed by atoms with E-state index in [1.807, 2.05) is 19.9 Å². The lowest BCUT2D eigenvalue weighted by molar-refractivity contribution is -0.115. The maximum atomic E-state index is 13.7. The van der Waals surface area contributed by atoms with E-state index in [0.29, 0.717) is 28.7 Å². The van der Waals surface area contributed by atoms with Gasteiger partial charge in [0.25, 0.3) is 0 Å². The number of carbonyl (C=O) groups is 1. The largest absolute Gasteiger partial charge is 0.438 e. The van der Waals surface area contributed by atoms with Crippen molar-refractivity contribution < 1.29 is 13.9 Å². The summed E-state index contributed by atoms with van der Waals surface area (Å²) in [5.74, 6) is 0.781. The fraction of sp³-hybridized carbons (Fsp3) is 0.130. The summed E-state index contributed by atoms with van der Waals surface area (Å²) in [4.78, 5) is 12.1. The van der Waals surface area contributed by atoms with Gasteiger partial charge in [0.1, 0.15) is 11.6 Å². The highest BCUT2D eigenvalue weighted by Gasteiger charge is 2.09. The van der Waals surface area contributed by atoms with E-state index in [0.717, 1.165) is 11.4 Å². The van der Waals surface area contributed by atoms with Gasteiger partial charge in [0.15, 0.2) is 5.82 Å². The summed E-state index contributed by atoms with van der Waals surface area (Å²) >= 11 is 0. The Kier molecular flexibility index (Phi) is 5.70. The summed E-state index contributed by atoms with van der Waals surface area (Å²) < 4.78 is 21.1. The Labute approximate surface area is 178 Å². The van der Waals surface area contributed by atoms with Gasteiger partial charge >= 0.3 is 0 Å². The van der Waals surface area contributed by atoms with E-state index in [9.17, 15) is 9.18 Å². The molecule has 0 spiro atoms. The molecule has 2 heterocycles. The molecule has 4 rings (SSSR count). The van der Waals surface area contributed by atoms with Gasteiger partial charge in [-0.25, -0.2) is 9.07 Å². The van der Waals surface area contributed by atoms with Crippen LogP contribution in [0.3, 0.4) is 0 Å². The van der Waals surface area contributed by atoms with Crippen LogP contribution < -0.4 is 10.1 Å². The van der Waals surface area contributed by atoms with Crippen molar-refractivity contribution in [1.82, 2.24) is 20.0 Å². The predicted octanol–water partition coefficient (Wildman–Crippen LogP) is 4.39. The monoisotopic (exact) mass is 417 g/mol. The van der Waals surface area contributed by atoms with Crippen LogP contribution in [0.4, 0.5) is 10.1 Å². The summed E-state index contributed by atoms with van der Waals surface area (Å²) in [6.07, 6.45) is -0.0396. The van der Waals surface area contributed by atoms with Gasteiger partial charge in [-0.1, -0.05) is 18.2 Å². The molecule has 0 aliphatic heterocycles. The molecule has 0 fully saturated rings. The summed E-state index contributed by atoms with van der Waals surface area (Å²) in [6.45, 7) is 3.86. The zero-order valence-corrected chi connectivity index (χ0v) is 17.0. The van der Waals surface area contributed by atoms with Gasteiger partial charge in [-0.3, -0.25) is 4.79 Å². The quantitative estimate of drug-likeness (QED) is 0.503. The van der Waals surface area contributed by atoms with Crippen molar-refractivity contribution in [3.05, 3.63) is 89.5 Å². The molecule has 8 heteroatoms. The topological polar surface area (TPSA) is 81.9 Å². The van der Waals surface area contributed by atoms with Crippen LogP contribution in [-0.4, -0.2) is 25.9 Å². The SMILES string of the molecule is Cc1cc(C)n(-c2ccc(Oc3ccc(NC(=O)Cc4ccccc4F)cc3)nn2)n1. The van der Waals surface area contributed by atoms with Crippen molar-refractivity contribution >= 4 is 11.6 Å². The molecular weight excluding hydrogens is 397 g/mol. The highest BCUT2D eigenvalue weighted by atomic mass is 19.1. The molecule has 0 aliphatic carbocycles. The van der Waals surface area contributed by atoms with Crippen LogP contribution in [0.1, 0.15) is 17.0 Å². The van der Waals surface area contributed by atoms with Crippen molar-refractivity contribution in [3.63, 3.8) is 0 Å². The number of hydrogen-bond acceptors (Lipinski definition) is 5. The fourth-order valence-corrected chi connectivity index (χ4v) is 3.09. The molecule has 7 nitrogen and oxygen atoms in total. The zero-order valence-electron chi connectivity index (χ0n) is 17.0. The standard InChI is InChI=1S/C23H20FN5O2/c1-15-13-16(2)29(28-15)21-11-12-23(27-26-21)31-19-9-7-18(8-10-19)25-22(30)14-17-5-3-4-6-20(17)24/h3-13H,14H2,1-2H3,(H,25,30). The first kappa shape index (κ1) is 20.2. The van der Waals surface area contributed by atoms with Crippen LogP contribution >= 0.6 is 0 Å². The smallest absolute Gasteiger partial charge is 0.238 e. The minimum atomic E-state index is -0.397. The maximum absolute atomic E-state index is 13.7. The van der Waals surface area contributed by atoms with E-state index in [-0.39, 0.29) is 12.3 Å². The number of ether oxygens (including phenoxy) is 1. The van der Waals surface area contributed by atoms with Gasteiger partial charge in [0, 0.05) is 17.4 Å². The Morgan fingerprint density at radius 1 is 1.03 bits per heavy atom. The van der Waals surface area contributed by atoms with E-state index in [1.165, 1.54) is 6.07 Å². The van der Waals surface area contributed by atoms with E-state index < -0.39 is 5.82 Å². The summed E-state index contributed by atoms with van der Waals surface area (Å²) in [7, 11) is 0. The molecule has 1 amide bonds. The number of aromatic nitrogens is 4. The second-order valence-electron chi connectivity index (χ2n) is 7.01. The van der Waals surface area contributed by atoms with Crippen LogP contribution in [0.5, 0.6) is 11.6 Å². The van der Waals surface area contributed by atoms with Gasteiger partial charge in [-0.2, -0.15) is 5.10 Å². The Morgan fingerprint density at radius 2 is 1.81 bits per heavy atom. The minimum absolute atomic E-state index is 0.0396. The normalized spacial score (nSPS) is 10.7. The van der Waals surface area contributed by atoms with Crippen molar-refractivity contribution in [2.75, 3.05) is 5.32 Å². The number of nitrogens with zero attached hydrogens (tertiary/aromatic N) is 4. The average molecular weight is 417 g/mol. The third-order valence-corrected chi connectivity index (χ3v) is 4.52. The summed E-state index contributed by atoms with van der Waals surface area (Å²) in [5, 5.41) is 15.4. The molecule has 0 saturated heterocycles. The average Bonchev–Trinajstić information content (AvgIpc) is 3.10. The van der Waals surface area contributed by atoms with E-state index in [1.54, 1.807) is 59.3 Å².